The molecule has 0 aliphatic carbocycles. The lowest BCUT2D eigenvalue weighted by Crippen LogP contribution is -2.30. The molecule has 2 N–H and O–H groups in total. The Kier molecular flexibility index (Phi) is 5.21. The van der Waals surface area contributed by atoms with Crippen LogP contribution in [0.1, 0.15) is 11.1 Å². The highest BCUT2D eigenvalue weighted by Gasteiger charge is 2.07. The Bertz CT molecular complexity index is 597. The quantitative estimate of drug-likeness (QED) is 0.884. The van der Waals surface area contributed by atoms with Crippen LogP contribution in [-0.4, -0.2) is 19.7 Å². The maximum absolute atomic E-state index is 11.9. The Labute approximate surface area is 125 Å². The zero-order valence-electron chi connectivity index (χ0n) is 12.3. The molecule has 0 aliphatic rings. The molecule has 0 aromatic heterocycles. The average Bonchev–Trinajstić information content (AvgIpc) is 2.50. The van der Waals surface area contributed by atoms with Crippen molar-refractivity contribution in [3.8, 4) is 5.75 Å². The van der Waals surface area contributed by atoms with E-state index in [1.807, 2.05) is 55.5 Å². The predicted octanol–water partition coefficient (Wildman–Crippen LogP) is 3.37. The molecular formula is C17H20N2O2. The SMILES string of the molecule is COc1cc(C)ccc1NC(=O)NCCc1ccccc1. The number of carbonyl (C=O) groups excluding carboxylic acids is 1. The molecule has 4 heteroatoms. The Morgan fingerprint density at radius 2 is 1.90 bits per heavy atom. The number of rotatable bonds is 5. The first-order chi connectivity index (χ1) is 10.2. The minimum Gasteiger partial charge on any atom is -0.495 e. The molecule has 0 bridgehead atoms. The van der Waals surface area contributed by atoms with Crippen LogP contribution in [0.3, 0.4) is 0 Å². The van der Waals surface area contributed by atoms with Crippen molar-refractivity contribution in [2.24, 2.45) is 0 Å². The van der Waals surface area contributed by atoms with Gasteiger partial charge < -0.3 is 15.4 Å². The summed E-state index contributed by atoms with van der Waals surface area (Å²) < 4.78 is 5.26. The van der Waals surface area contributed by atoms with Gasteiger partial charge in [0.15, 0.2) is 0 Å². The number of carbonyl (C=O) groups is 1. The normalized spacial score (nSPS) is 10.0. The summed E-state index contributed by atoms with van der Waals surface area (Å²) in [6, 6.07) is 15.5. The third kappa shape index (κ3) is 4.53. The van der Waals surface area contributed by atoms with Gasteiger partial charge in [0.2, 0.25) is 0 Å². The Hall–Kier alpha value is -2.49. The Balaban J connectivity index is 1.85. The van der Waals surface area contributed by atoms with Crippen LogP contribution in [0.15, 0.2) is 48.5 Å². The number of methoxy groups -OCH3 is 1. The molecule has 2 rings (SSSR count). The second-order valence-corrected chi connectivity index (χ2v) is 4.82. The highest BCUT2D eigenvalue weighted by atomic mass is 16.5. The van der Waals surface area contributed by atoms with Gasteiger partial charge in [0, 0.05) is 6.54 Å². The fourth-order valence-corrected chi connectivity index (χ4v) is 2.03. The van der Waals surface area contributed by atoms with Crippen LogP contribution < -0.4 is 15.4 Å². The van der Waals surface area contributed by atoms with Gasteiger partial charge in [-0.15, -0.1) is 0 Å². The molecule has 0 saturated heterocycles. The molecule has 110 valence electrons. The maximum atomic E-state index is 11.9. The van der Waals surface area contributed by atoms with Gasteiger partial charge in [0.1, 0.15) is 5.75 Å². The number of hydrogen-bond acceptors (Lipinski definition) is 2. The number of anilines is 1. The van der Waals surface area contributed by atoms with Gasteiger partial charge in [-0.2, -0.15) is 0 Å². The first-order valence-corrected chi connectivity index (χ1v) is 6.92. The molecule has 0 saturated carbocycles. The molecule has 0 fully saturated rings. The second-order valence-electron chi connectivity index (χ2n) is 4.82. The highest BCUT2D eigenvalue weighted by molar-refractivity contribution is 5.90. The maximum Gasteiger partial charge on any atom is 0.319 e. The minimum absolute atomic E-state index is 0.229. The van der Waals surface area contributed by atoms with Crippen LogP contribution in [0.4, 0.5) is 10.5 Å². The summed E-state index contributed by atoms with van der Waals surface area (Å²) in [6.07, 6.45) is 0.805. The molecule has 0 heterocycles. The van der Waals surface area contributed by atoms with Crippen LogP contribution in [-0.2, 0) is 6.42 Å². The number of benzene rings is 2. The van der Waals surface area contributed by atoms with E-state index < -0.39 is 0 Å². The van der Waals surface area contributed by atoms with E-state index in [4.69, 9.17) is 4.74 Å². The molecule has 21 heavy (non-hydrogen) atoms. The summed E-state index contributed by atoms with van der Waals surface area (Å²) in [7, 11) is 1.59. The van der Waals surface area contributed by atoms with Crippen molar-refractivity contribution < 1.29 is 9.53 Å². The van der Waals surface area contributed by atoms with Gasteiger partial charge in [-0.25, -0.2) is 4.79 Å². The third-order valence-electron chi connectivity index (χ3n) is 3.15. The van der Waals surface area contributed by atoms with E-state index in [1.54, 1.807) is 7.11 Å². The van der Waals surface area contributed by atoms with Crippen molar-refractivity contribution in [2.75, 3.05) is 19.0 Å². The van der Waals surface area contributed by atoms with Crippen molar-refractivity contribution in [1.29, 1.82) is 0 Å². The molecule has 0 spiro atoms. The Morgan fingerprint density at radius 1 is 1.14 bits per heavy atom. The smallest absolute Gasteiger partial charge is 0.319 e. The molecule has 2 amide bonds. The van der Waals surface area contributed by atoms with Crippen molar-refractivity contribution in [3.63, 3.8) is 0 Å². The predicted molar refractivity (Wildman–Crippen MR) is 84.9 cm³/mol. The van der Waals surface area contributed by atoms with Gasteiger partial charge in [0.05, 0.1) is 12.8 Å². The summed E-state index contributed by atoms with van der Waals surface area (Å²) in [5.41, 5.74) is 2.95. The standard InChI is InChI=1S/C17H20N2O2/c1-13-8-9-15(16(12-13)21-2)19-17(20)18-11-10-14-6-4-3-5-7-14/h3-9,12H,10-11H2,1-2H3,(H2,18,19,20). The first-order valence-electron chi connectivity index (χ1n) is 6.92. The Morgan fingerprint density at radius 3 is 2.62 bits per heavy atom. The molecule has 0 radical (unpaired) electrons. The monoisotopic (exact) mass is 284 g/mol. The van der Waals surface area contributed by atoms with Gasteiger partial charge in [-0.05, 0) is 36.6 Å². The summed E-state index contributed by atoms with van der Waals surface area (Å²) >= 11 is 0. The second kappa shape index (κ2) is 7.33. The summed E-state index contributed by atoms with van der Waals surface area (Å²) in [5, 5.41) is 5.64. The number of hydrogen-bond donors (Lipinski definition) is 2. The molecular weight excluding hydrogens is 264 g/mol. The zero-order valence-corrected chi connectivity index (χ0v) is 12.3. The van der Waals surface area contributed by atoms with Crippen molar-refractivity contribution in [2.45, 2.75) is 13.3 Å². The minimum atomic E-state index is -0.229. The van der Waals surface area contributed by atoms with Crippen LogP contribution in [0.25, 0.3) is 0 Å². The molecule has 2 aromatic rings. The number of amides is 2. The lowest BCUT2D eigenvalue weighted by Gasteiger charge is -2.11. The number of aryl methyl sites for hydroxylation is 1. The molecule has 0 aliphatic heterocycles. The van der Waals surface area contributed by atoms with Crippen molar-refractivity contribution >= 4 is 11.7 Å². The highest BCUT2D eigenvalue weighted by Crippen LogP contribution is 2.24. The van der Waals surface area contributed by atoms with Crippen LogP contribution in [0, 0.1) is 6.92 Å². The van der Waals surface area contributed by atoms with E-state index in [0.29, 0.717) is 18.0 Å². The summed E-state index contributed by atoms with van der Waals surface area (Å²) in [5.74, 6) is 0.660. The fourth-order valence-electron chi connectivity index (χ4n) is 2.03. The van der Waals surface area contributed by atoms with Gasteiger partial charge in [-0.1, -0.05) is 36.4 Å². The van der Waals surface area contributed by atoms with E-state index >= 15 is 0 Å². The zero-order chi connectivity index (χ0) is 15.1. The molecule has 4 nitrogen and oxygen atoms in total. The summed E-state index contributed by atoms with van der Waals surface area (Å²) in [4.78, 5) is 11.9. The van der Waals surface area contributed by atoms with Gasteiger partial charge in [0.25, 0.3) is 0 Å². The van der Waals surface area contributed by atoms with E-state index in [0.717, 1.165) is 12.0 Å². The average molecular weight is 284 g/mol. The van der Waals surface area contributed by atoms with E-state index in [1.165, 1.54) is 5.56 Å². The van der Waals surface area contributed by atoms with Crippen LogP contribution in [0.5, 0.6) is 5.75 Å². The van der Waals surface area contributed by atoms with E-state index in [2.05, 4.69) is 10.6 Å². The largest absolute Gasteiger partial charge is 0.495 e. The lowest BCUT2D eigenvalue weighted by atomic mass is 10.1. The topological polar surface area (TPSA) is 50.4 Å². The molecule has 2 aromatic carbocycles. The third-order valence-corrected chi connectivity index (χ3v) is 3.15. The molecule has 0 atom stereocenters. The van der Waals surface area contributed by atoms with E-state index in [-0.39, 0.29) is 6.03 Å². The molecule has 0 unspecified atom stereocenters. The fraction of sp³-hybridized carbons (Fsp3) is 0.235. The van der Waals surface area contributed by atoms with Crippen molar-refractivity contribution in [1.82, 2.24) is 5.32 Å². The lowest BCUT2D eigenvalue weighted by molar-refractivity contribution is 0.252. The van der Waals surface area contributed by atoms with E-state index in [9.17, 15) is 4.79 Å². The van der Waals surface area contributed by atoms with Crippen molar-refractivity contribution in [3.05, 3.63) is 59.7 Å². The number of urea groups is 1. The van der Waals surface area contributed by atoms with Gasteiger partial charge in [-0.3, -0.25) is 0 Å². The first kappa shape index (κ1) is 14.9. The van der Waals surface area contributed by atoms with Gasteiger partial charge >= 0.3 is 6.03 Å². The summed E-state index contributed by atoms with van der Waals surface area (Å²) in [6.45, 7) is 2.57. The van der Waals surface area contributed by atoms with Crippen LogP contribution in [0.2, 0.25) is 0 Å². The van der Waals surface area contributed by atoms with Crippen LogP contribution >= 0.6 is 0 Å². The number of ether oxygens (including phenoxy) is 1. The number of nitrogens with one attached hydrogen (secondary N) is 2.